The Bertz CT molecular complexity index is 1350. The SMILES string of the molecule is Cc1ccc(C(=O)[C@H]2[C@H](c3ccccc3Cl)C(C#N)(C#N)[C@H]3C=Cc4ccccc4N23)cc1. The van der Waals surface area contributed by atoms with Crippen molar-refractivity contribution in [2.75, 3.05) is 4.90 Å². The lowest BCUT2D eigenvalue weighted by molar-refractivity contribution is 0.0951. The first-order valence-corrected chi connectivity index (χ1v) is 11.1. The fourth-order valence-corrected chi connectivity index (χ4v) is 5.45. The van der Waals surface area contributed by atoms with E-state index in [1.165, 1.54) is 0 Å². The zero-order valence-electron chi connectivity index (χ0n) is 17.9. The van der Waals surface area contributed by atoms with Gasteiger partial charge >= 0.3 is 0 Å². The molecule has 3 aromatic carbocycles. The number of rotatable bonds is 3. The summed E-state index contributed by atoms with van der Waals surface area (Å²) in [5.41, 5.74) is 2.50. The number of anilines is 1. The Morgan fingerprint density at radius 3 is 2.33 bits per heavy atom. The normalized spacial score (nSPS) is 22.1. The van der Waals surface area contributed by atoms with Gasteiger partial charge in [0.05, 0.1) is 18.2 Å². The number of para-hydroxylation sites is 1. The van der Waals surface area contributed by atoms with Gasteiger partial charge in [-0.25, -0.2) is 0 Å². The predicted octanol–water partition coefficient (Wildman–Crippen LogP) is 5.93. The second-order valence-corrected chi connectivity index (χ2v) is 8.94. The van der Waals surface area contributed by atoms with E-state index < -0.39 is 23.4 Å². The molecule has 0 amide bonds. The molecule has 2 aliphatic heterocycles. The third kappa shape index (κ3) is 3.07. The highest BCUT2D eigenvalue weighted by Crippen LogP contribution is 2.56. The fourth-order valence-electron chi connectivity index (χ4n) is 5.19. The van der Waals surface area contributed by atoms with E-state index in [1.807, 2.05) is 72.5 Å². The number of Topliss-reactive ketones (excluding diaryl/α,β-unsaturated/α-hetero) is 1. The summed E-state index contributed by atoms with van der Waals surface area (Å²) in [4.78, 5) is 16.1. The highest BCUT2D eigenvalue weighted by atomic mass is 35.5. The average Bonchev–Trinajstić information content (AvgIpc) is 3.15. The quantitative estimate of drug-likeness (QED) is 0.464. The topological polar surface area (TPSA) is 67.9 Å². The van der Waals surface area contributed by atoms with Crippen LogP contribution in [0.15, 0.2) is 78.9 Å². The van der Waals surface area contributed by atoms with Gasteiger partial charge in [0.1, 0.15) is 6.04 Å². The van der Waals surface area contributed by atoms with Gasteiger partial charge in [0.25, 0.3) is 0 Å². The molecule has 1 saturated heterocycles. The van der Waals surface area contributed by atoms with Gasteiger partial charge in [-0.1, -0.05) is 90.0 Å². The van der Waals surface area contributed by atoms with E-state index >= 15 is 0 Å². The summed E-state index contributed by atoms with van der Waals surface area (Å²) < 4.78 is 0. The number of benzene rings is 3. The van der Waals surface area contributed by atoms with Crippen LogP contribution < -0.4 is 4.90 Å². The molecule has 1 fully saturated rings. The molecule has 0 spiro atoms. The van der Waals surface area contributed by atoms with Gasteiger partial charge in [0, 0.05) is 22.2 Å². The Hall–Kier alpha value is -3.86. The first-order valence-electron chi connectivity index (χ1n) is 10.7. The molecule has 5 rings (SSSR count). The van der Waals surface area contributed by atoms with E-state index in [0.29, 0.717) is 16.1 Å². The second kappa shape index (κ2) is 7.93. The van der Waals surface area contributed by atoms with Crippen molar-refractivity contribution in [1.29, 1.82) is 10.5 Å². The number of carbonyl (C=O) groups excluding carboxylic acids is 1. The van der Waals surface area contributed by atoms with Crippen LogP contribution in [-0.4, -0.2) is 17.9 Å². The molecular formula is C28H20ClN3O. The standard InChI is InChI=1S/C28H20ClN3O/c1-18-10-12-20(13-11-18)27(33)26-25(21-7-3-4-8-22(21)29)28(16-30,17-31)24-15-14-19-6-2-5-9-23(19)32(24)26/h2-15,24-26H,1H3/t24-,25+,26-/m1/s1. The third-order valence-corrected chi connectivity index (χ3v) is 7.10. The minimum Gasteiger partial charge on any atom is -0.351 e. The molecule has 5 heteroatoms. The fraction of sp³-hybridized carbons (Fsp3) is 0.179. The number of hydrogen-bond acceptors (Lipinski definition) is 4. The summed E-state index contributed by atoms with van der Waals surface area (Å²) in [7, 11) is 0. The van der Waals surface area contributed by atoms with Crippen LogP contribution in [0.2, 0.25) is 5.02 Å². The number of aryl methyl sites for hydroxylation is 1. The van der Waals surface area contributed by atoms with E-state index in [-0.39, 0.29) is 5.78 Å². The highest BCUT2D eigenvalue weighted by molar-refractivity contribution is 6.31. The van der Waals surface area contributed by atoms with Crippen molar-refractivity contribution in [2.45, 2.75) is 24.9 Å². The minimum absolute atomic E-state index is 0.137. The van der Waals surface area contributed by atoms with Crippen LogP contribution >= 0.6 is 11.6 Å². The Labute approximate surface area is 198 Å². The molecule has 0 N–H and O–H groups in total. The summed E-state index contributed by atoms with van der Waals surface area (Å²) in [6, 6.07) is 25.6. The lowest BCUT2D eigenvalue weighted by Crippen LogP contribution is -2.44. The predicted molar refractivity (Wildman–Crippen MR) is 129 cm³/mol. The summed E-state index contributed by atoms with van der Waals surface area (Å²) in [5.74, 6) is -0.877. The van der Waals surface area contributed by atoms with Crippen molar-refractivity contribution in [1.82, 2.24) is 0 Å². The van der Waals surface area contributed by atoms with Crippen molar-refractivity contribution in [3.05, 3.63) is 106 Å². The van der Waals surface area contributed by atoms with E-state index in [4.69, 9.17) is 11.6 Å². The first-order chi connectivity index (χ1) is 16.0. The largest absolute Gasteiger partial charge is 0.351 e. The molecule has 2 aliphatic rings. The van der Waals surface area contributed by atoms with Crippen molar-refractivity contribution in [3.63, 3.8) is 0 Å². The van der Waals surface area contributed by atoms with Crippen LogP contribution in [0.25, 0.3) is 6.08 Å². The Morgan fingerprint density at radius 2 is 1.64 bits per heavy atom. The first kappa shape index (κ1) is 21.0. The van der Waals surface area contributed by atoms with Crippen LogP contribution in [0.3, 0.4) is 0 Å². The third-order valence-electron chi connectivity index (χ3n) is 6.76. The molecule has 0 bridgehead atoms. The van der Waals surface area contributed by atoms with Crippen molar-refractivity contribution in [2.24, 2.45) is 5.41 Å². The molecule has 0 aliphatic carbocycles. The van der Waals surface area contributed by atoms with E-state index in [0.717, 1.165) is 16.8 Å². The zero-order valence-corrected chi connectivity index (χ0v) is 18.7. The number of fused-ring (bicyclic) bond motifs is 3. The van der Waals surface area contributed by atoms with Gasteiger partial charge in [-0.15, -0.1) is 0 Å². The molecular weight excluding hydrogens is 430 g/mol. The monoisotopic (exact) mass is 449 g/mol. The van der Waals surface area contributed by atoms with Gasteiger partial charge < -0.3 is 4.90 Å². The van der Waals surface area contributed by atoms with Gasteiger partial charge in [0.2, 0.25) is 0 Å². The minimum atomic E-state index is -1.50. The molecule has 3 aromatic rings. The lowest BCUT2D eigenvalue weighted by atomic mass is 9.69. The van der Waals surface area contributed by atoms with E-state index in [1.54, 1.807) is 24.3 Å². The number of nitriles is 2. The number of nitrogens with zero attached hydrogens (tertiary/aromatic N) is 3. The maximum absolute atomic E-state index is 14.1. The summed E-state index contributed by atoms with van der Waals surface area (Å²) in [5, 5.41) is 21.3. The summed E-state index contributed by atoms with van der Waals surface area (Å²) in [6.45, 7) is 1.97. The molecule has 0 aromatic heterocycles. The van der Waals surface area contributed by atoms with Gasteiger partial charge in [-0.2, -0.15) is 10.5 Å². The van der Waals surface area contributed by atoms with Gasteiger partial charge in [-0.3, -0.25) is 4.79 Å². The van der Waals surface area contributed by atoms with Crippen molar-refractivity contribution in [3.8, 4) is 12.1 Å². The number of ketones is 1. The van der Waals surface area contributed by atoms with E-state index in [9.17, 15) is 15.3 Å². The second-order valence-electron chi connectivity index (χ2n) is 8.54. The average molecular weight is 450 g/mol. The number of carbonyl (C=O) groups is 1. The molecule has 33 heavy (non-hydrogen) atoms. The molecule has 0 unspecified atom stereocenters. The van der Waals surface area contributed by atoms with Gasteiger partial charge in [0.15, 0.2) is 11.2 Å². The smallest absolute Gasteiger partial charge is 0.185 e. The van der Waals surface area contributed by atoms with Crippen LogP contribution in [0.4, 0.5) is 5.69 Å². The molecule has 160 valence electrons. The highest BCUT2D eigenvalue weighted by Gasteiger charge is 2.63. The molecule has 0 radical (unpaired) electrons. The summed E-state index contributed by atoms with van der Waals surface area (Å²) in [6.07, 6.45) is 3.81. The molecule has 4 nitrogen and oxygen atoms in total. The van der Waals surface area contributed by atoms with Gasteiger partial charge in [-0.05, 0) is 30.2 Å². The number of halogens is 1. The maximum Gasteiger partial charge on any atom is 0.185 e. The molecule has 0 saturated carbocycles. The number of hydrogen-bond donors (Lipinski definition) is 0. The van der Waals surface area contributed by atoms with Crippen LogP contribution in [-0.2, 0) is 0 Å². The Morgan fingerprint density at radius 1 is 0.970 bits per heavy atom. The lowest BCUT2D eigenvalue weighted by Gasteiger charge is -2.35. The molecule has 3 atom stereocenters. The van der Waals surface area contributed by atoms with Crippen LogP contribution in [0.5, 0.6) is 0 Å². The summed E-state index contributed by atoms with van der Waals surface area (Å²) >= 11 is 6.61. The molecule has 2 heterocycles. The van der Waals surface area contributed by atoms with Crippen molar-refractivity contribution >= 4 is 29.1 Å². The zero-order chi connectivity index (χ0) is 23.2. The van der Waals surface area contributed by atoms with Crippen LogP contribution in [0.1, 0.15) is 33.0 Å². The van der Waals surface area contributed by atoms with E-state index in [2.05, 4.69) is 12.1 Å². The van der Waals surface area contributed by atoms with Crippen molar-refractivity contribution < 1.29 is 4.79 Å². The Balaban J connectivity index is 1.80. The van der Waals surface area contributed by atoms with Crippen LogP contribution in [0, 0.1) is 35.0 Å². The Kier molecular flexibility index (Phi) is 5.05. The maximum atomic E-state index is 14.1.